The molecule has 162 valence electrons. The molecule has 0 saturated heterocycles. The average molecular weight is 437 g/mol. The van der Waals surface area contributed by atoms with Gasteiger partial charge in [-0.3, -0.25) is 9.59 Å². The van der Waals surface area contributed by atoms with Gasteiger partial charge in [-0.1, -0.05) is 50.6 Å². The second-order valence-corrected chi connectivity index (χ2v) is 9.48. The number of anilines is 1. The first-order valence-corrected chi connectivity index (χ1v) is 11.6. The molecule has 2 N–H and O–H groups in total. The van der Waals surface area contributed by atoms with Crippen molar-refractivity contribution in [1.82, 2.24) is 5.32 Å². The monoisotopic (exact) mass is 436 g/mol. The van der Waals surface area contributed by atoms with Gasteiger partial charge < -0.3 is 15.4 Å². The highest BCUT2D eigenvalue weighted by Gasteiger charge is 2.29. The third-order valence-corrected chi connectivity index (χ3v) is 7.45. The third-order valence-electron chi connectivity index (χ3n) is 6.35. The molecule has 2 aromatic rings. The van der Waals surface area contributed by atoms with Gasteiger partial charge in [0, 0.05) is 16.5 Å². The van der Waals surface area contributed by atoms with Gasteiger partial charge >= 0.3 is 0 Å². The van der Waals surface area contributed by atoms with E-state index in [-0.39, 0.29) is 17.9 Å². The fourth-order valence-electron chi connectivity index (χ4n) is 4.22. The summed E-state index contributed by atoms with van der Waals surface area (Å²) in [6.07, 6.45) is 5.24. The van der Waals surface area contributed by atoms with Gasteiger partial charge in [0.1, 0.15) is 5.75 Å². The zero-order valence-corrected chi connectivity index (χ0v) is 18.9. The average Bonchev–Trinajstić information content (AvgIpc) is 2.77. The lowest BCUT2D eigenvalue weighted by molar-refractivity contribution is -0.112. The fourth-order valence-corrected chi connectivity index (χ4v) is 5.15. The Morgan fingerprint density at radius 1 is 1.19 bits per heavy atom. The predicted molar refractivity (Wildman–Crippen MR) is 125 cm³/mol. The van der Waals surface area contributed by atoms with Crippen molar-refractivity contribution in [3.63, 3.8) is 0 Å². The number of benzene rings is 2. The first kappa shape index (κ1) is 21.5. The Balaban J connectivity index is 1.50. The summed E-state index contributed by atoms with van der Waals surface area (Å²) in [7, 11) is 1.62. The second-order valence-electron chi connectivity index (χ2n) is 8.40. The summed E-state index contributed by atoms with van der Waals surface area (Å²) in [5.41, 5.74) is 2.15. The van der Waals surface area contributed by atoms with E-state index in [1.807, 2.05) is 42.5 Å². The van der Waals surface area contributed by atoms with Crippen molar-refractivity contribution in [3.05, 3.63) is 58.5 Å². The Bertz CT molecular complexity index is 1030. The minimum atomic E-state index is -0.174. The van der Waals surface area contributed by atoms with E-state index < -0.39 is 0 Å². The molecule has 4 rings (SSSR count). The SMILES string of the molecule is COc1cccc(/C=C2/Sc3ccc(C(=O)N[C@@H]4CCC[C@@H](C)[C@@H]4C)cc3NC2=O)c1. The van der Waals surface area contributed by atoms with Crippen LogP contribution in [0.1, 0.15) is 49.0 Å². The van der Waals surface area contributed by atoms with E-state index in [9.17, 15) is 9.59 Å². The summed E-state index contributed by atoms with van der Waals surface area (Å²) in [6, 6.07) is 13.3. The summed E-state index contributed by atoms with van der Waals surface area (Å²) < 4.78 is 5.25. The van der Waals surface area contributed by atoms with E-state index in [4.69, 9.17) is 4.74 Å². The number of fused-ring (bicyclic) bond motifs is 1. The first-order chi connectivity index (χ1) is 14.9. The Morgan fingerprint density at radius 2 is 2.03 bits per heavy atom. The second kappa shape index (κ2) is 9.18. The molecule has 2 aromatic carbocycles. The molecule has 2 amide bonds. The molecule has 0 bridgehead atoms. The van der Waals surface area contributed by atoms with Crippen LogP contribution < -0.4 is 15.4 Å². The largest absolute Gasteiger partial charge is 0.497 e. The molecule has 1 aliphatic heterocycles. The van der Waals surface area contributed by atoms with Crippen molar-refractivity contribution < 1.29 is 14.3 Å². The van der Waals surface area contributed by atoms with Crippen molar-refractivity contribution in [2.75, 3.05) is 12.4 Å². The normalized spacial score (nSPS) is 24.3. The van der Waals surface area contributed by atoms with Crippen LogP contribution >= 0.6 is 11.8 Å². The maximum Gasteiger partial charge on any atom is 0.262 e. The fraction of sp³-hybridized carbons (Fsp3) is 0.360. The molecule has 1 aliphatic carbocycles. The van der Waals surface area contributed by atoms with Gasteiger partial charge in [-0.15, -0.1) is 0 Å². The molecule has 1 saturated carbocycles. The molecular weight excluding hydrogens is 408 g/mol. The lowest BCUT2D eigenvalue weighted by Crippen LogP contribution is -2.43. The standard InChI is InChI=1S/C25H28N2O3S/c1-15-6-4-9-20(16(15)2)26-24(28)18-10-11-22-21(14-18)27-25(29)23(31-22)13-17-7-5-8-19(12-17)30-3/h5,7-8,10-16,20H,4,6,9H2,1-3H3,(H,26,28)(H,27,29)/b23-13+/t15-,16+,20-/m1/s1. The molecule has 2 aliphatic rings. The third kappa shape index (κ3) is 4.79. The Hall–Kier alpha value is -2.73. The molecule has 0 spiro atoms. The van der Waals surface area contributed by atoms with Gasteiger partial charge in [0.05, 0.1) is 17.7 Å². The van der Waals surface area contributed by atoms with Crippen LogP contribution in [0.25, 0.3) is 6.08 Å². The quantitative estimate of drug-likeness (QED) is 0.635. The lowest BCUT2D eigenvalue weighted by atomic mass is 9.78. The summed E-state index contributed by atoms with van der Waals surface area (Å²) in [5.74, 6) is 1.58. The van der Waals surface area contributed by atoms with E-state index in [2.05, 4.69) is 24.5 Å². The van der Waals surface area contributed by atoms with Crippen LogP contribution in [-0.2, 0) is 4.79 Å². The zero-order valence-electron chi connectivity index (χ0n) is 18.1. The highest BCUT2D eigenvalue weighted by atomic mass is 32.2. The number of amides is 2. The molecule has 0 unspecified atom stereocenters. The van der Waals surface area contributed by atoms with Crippen LogP contribution in [0.4, 0.5) is 5.69 Å². The maximum absolute atomic E-state index is 12.8. The van der Waals surface area contributed by atoms with Crippen LogP contribution in [0.15, 0.2) is 52.3 Å². The number of carbonyl (C=O) groups excluding carboxylic acids is 2. The molecule has 31 heavy (non-hydrogen) atoms. The summed E-state index contributed by atoms with van der Waals surface area (Å²) in [6.45, 7) is 4.47. The summed E-state index contributed by atoms with van der Waals surface area (Å²) >= 11 is 1.41. The van der Waals surface area contributed by atoms with Crippen molar-refractivity contribution >= 4 is 35.3 Å². The van der Waals surface area contributed by atoms with Crippen molar-refractivity contribution in [1.29, 1.82) is 0 Å². The van der Waals surface area contributed by atoms with E-state index in [0.29, 0.717) is 28.0 Å². The van der Waals surface area contributed by atoms with Crippen molar-refractivity contribution in [2.45, 2.75) is 44.0 Å². The van der Waals surface area contributed by atoms with E-state index in [0.717, 1.165) is 29.1 Å². The molecule has 1 fully saturated rings. The smallest absolute Gasteiger partial charge is 0.262 e. The Labute approximate surface area is 187 Å². The highest BCUT2D eigenvalue weighted by Crippen LogP contribution is 2.39. The van der Waals surface area contributed by atoms with Crippen LogP contribution in [-0.4, -0.2) is 25.0 Å². The number of methoxy groups -OCH3 is 1. The zero-order chi connectivity index (χ0) is 22.0. The molecule has 1 heterocycles. The number of carbonyl (C=O) groups is 2. The number of rotatable bonds is 4. The van der Waals surface area contributed by atoms with Gasteiger partial charge in [-0.2, -0.15) is 0 Å². The van der Waals surface area contributed by atoms with Crippen LogP contribution in [0, 0.1) is 11.8 Å². The van der Waals surface area contributed by atoms with Crippen molar-refractivity contribution in [2.24, 2.45) is 11.8 Å². The molecule has 0 aromatic heterocycles. The topological polar surface area (TPSA) is 67.4 Å². The van der Waals surface area contributed by atoms with Gasteiger partial charge in [0.15, 0.2) is 0 Å². The molecule has 6 heteroatoms. The van der Waals surface area contributed by atoms with Crippen LogP contribution in [0.2, 0.25) is 0 Å². The van der Waals surface area contributed by atoms with Gasteiger partial charge in [-0.05, 0) is 60.2 Å². The maximum atomic E-state index is 12.8. The van der Waals surface area contributed by atoms with Crippen LogP contribution in [0.5, 0.6) is 5.75 Å². The minimum absolute atomic E-state index is 0.0780. The predicted octanol–water partition coefficient (Wildman–Crippen LogP) is 5.34. The number of hydrogen-bond donors (Lipinski definition) is 2. The Kier molecular flexibility index (Phi) is 6.37. The molecule has 3 atom stereocenters. The minimum Gasteiger partial charge on any atom is -0.497 e. The number of thioether (sulfide) groups is 1. The summed E-state index contributed by atoms with van der Waals surface area (Å²) in [5, 5.41) is 6.14. The van der Waals surface area contributed by atoms with Gasteiger partial charge in [-0.25, -0.2) is 0 Å². The van der Waals surface area contributed by atoms with E-state index in [1.165, 1.54) is 18.2 Å². The van der Waals surface area contributed by atoms with Crippen LogP contribution in [0.3, 0.4) is 0 Å². The Morgan fingerprint density at radius 3 is 2.84 bits per heavy atom. The molecule has 0 radical (unpaired) electrons. The van der Waals surface area contributed by atoms with Gasteiger partial charge in [0.25, 0.3) is 11.8 Å². The number of hydrogen-bond acceptors (Lipinski definition) is 4. The van der Waals surface area contributed by atoms with E-state index >= 15 is 0 Å². The number of ether oxygens (including phenoxy) is 1. The molecule has 5 nitrogen and oxygen atoms in total. The lowest BCUT2D eigenvalue weighted by Gasteiger charge is -2.34. The first-order valence-electron chi connectivity index (χ1n) is 10.7. The summed E-state index contributed by atoms with van der Waals surface area (Å²) in [4.78, 5) is 27.0. The molecular formula is C25H28N2O3S. The van der Waals surface area contributed by atoms with Crippen molar-refractivity contribution in [3.8, 4) is 5.75 Å². The number of nitrogens with one attached hydrogen (secondary N) is 2. The van der Waals surface area contributed by atoms with Gasteiger partial charge in [0.2, 0.25) is 0 Å². The van der Waals surface area contributed by atoms with E-state index in [1.54, 1.807) is 13.2 Å². The highest BCUT2D eigenvalue weighted by molar-refractivity contribution is 8.04.